The van der Waals surface area contributed by atoms with Gasteiger partial charge in [-0.15, -0.1) is 0 Å². The van der Waals surface area contributed by atoms with Crippen molar-refractivity contribution in [1.82, 2.24) is 14.2 Å². The summed E-state index contributed by atoms with van der Waals surface area (Å²) in [6.45, 7) is 4.36. The first-order chi connectivity index (χ1) is 13.6. The number of amides is 1. The number of aryl methyl sites for hydroxylation is 2. The molecule has 2 heterocycles. The van der Waals surface area contributed by atoms with Gasteiger partial charge in [-0.25, -0.2) is 4.72 Å². The van der Waals surface area contributed by atoms with Gasteiger partial charge >= 0.3 is 0 Å². The molecule has 1 aliphatic heterocycles. The molecule has 1 aliphatic rings. The molecule has 2 aromatic rings. The Morgan fingerprint density at radius 3 is 2.79 bits per heavy atom. The Kier molecular flexibility index (Phi) is 7.60. The number of likely N-dealkylation sites (tertiary alicyclic amines) is 1. The smallest absolute Gasteiger partial charge is 0.240 e. The molecule has 1 unspecified atom stereocenters. The Bertz CT molecular complexity index is 834. The highest BCUT2D eigenvalue weighted by Crippen LogP contribution is 2.29. The van der Waals surface area contributed by atoms with Crippen molar-refractivity contribution in [2.45, 2.75) is 50.1 Å². The molecular formula is C21H25BrN4OS. The fourth-order valence-corrected chi connectivity index (χ4v) is 5.00. The number of aromatic nitrogens is 1. The highest BCUT2D eigenvalue weighted by atomic mass is 79.9. The molecule has 1 aromatic heterocycles. The van der Waals surface area contributed by atoms with Crippen molar-refractivity contribution < 1.29 is 4.79 Å². The predicted octanol–water partition coefficient (Wildman–Crippen LogP) is 4.50. The molecule has 1 atom stereocenters. The van der Waals surface area contributed by atoms with Crippen LogP contribution in [0.2, 0.25) is 0 Å². The summed E-state index contributed by atoms with van der Waals surface area (Å²) < 4.78 is 6.34. The number of nitriles is 1. The zero-order valence-corrected chi connectivity index (χ0v) is 18.4. The average Bonchev–Trinajstić information content (AvgIpc) is 3.17. The van der Waals surface area contributed by atoms with Gasteiger partial charge in [-0.2, -0.15) is 5.26 Å². The molecule has 0 bridgehead atoms. The van der Waals surface area contributed by atoms with Gasteiger partial charge in [-0.1, -0.05) is 12.1 Å². The van der Waals surface area contributed by atoms with E-state index in [1.54, 1.807) is 6.07 Å². The number of hydrogen-bond acceptors (Lipinski definition) is 4. The first-order valence-corrected chi connectivity index (χ1v) is 11.2. The number of benzene rings is 1. The van der Waals surface area contributed by atoms with Crippen LogP contribution in [-0.4, -0.2) is 34.5 Å². The van der Waals surface area contributed by atoms with E-state index in [0.29, 0.717) is 18.7 Å². The van der Waals surface area contributed by atoms with Gasteiger partial charge in [-0.3, -0.25) is 4.79 Å². The molecule has 0 radical (unpaired) electrons. The number of carbonyl (C=O) groups excluding carboxylic acids is 1. The van der Waals surface area contributed by atoms with Crippen molar-refractivity contribution in [2.75, 3.05) is 13.1 Å². The van der Waals surface area contributed by atoms with Crippen molar-refractivity contribution in [3.05, 3.63) is 52.3 Å². The topological polar surface area (TPSA) is 61.1 Å². The molecule has 0 aliphatic carbocycles. The third-order valence-electron chi connectivity index (χ3n) is 5.04. The Balaban J connectivity index is 1.71. The number of nitrogens with zero attached hydrogens (tertiary/aromatic N) is 3. The Morgan fingerprint density at radius 1 is 1.29 bits per heavy atom. The zero-order chi connectivity index (χ0) is 19.9. The van der Waals surface area contributed by atoms with Crippen molar-refractivity contribution in [3.63, 3.8) is 0 Å². The summed E-state index contributed by atoms with van der Waals surface area (Å²) in [7, 11) is 0. The van der Waals surface area contributed by atoms with Gasteiger partial charge in [0.2, 0.25) is 5.91 Å². The average molecular weight is 461 g/mol. The first kappa shape index (κ1) is 21.0. The third kappa shape index (κ3) is 5.19. The van der Waals surface area contributed by atoms with E-state index >= 15 is 0 Å². The van der Waals surface area contributed by atoms with Crippen molar-refractivity contribution >= 4 is 33.8 Å². The van der Waals surface area contributed by atoms with Crippen molar-refractivity contribution in [1.29, 1.82) is 5.26 Å². The van der Waals surface area contributed by atoms with E-state index in [4.69, 9.17) is 0 Å². The van der Waals surface area contributed by atoms with Crippen LogP contribution < -0.4 is 4.72 Å². The number of piperidine rings is 1. The molecule has 0 saturated carbocycles. The summed E-state index contributed by atoms with van der Waals surface area (Å²) in [5, 5.41) is 9.23. The van der Waals surface area contributed by atoms with Gasteiger partial charge in [-0.05, 0) is 84.2 Å². The van der Waals surface area contributed by atoms with E-state index in [0.717, 1.165) is 40.9 Å². The number of halogens is 1. The van der Waals surface area contributed by atoms with E-state index in [1.165, 1.54) is 18.4 Å². The molecule has 1 fully saturated rings. The van der Waals surface area contributed by atoms with E-state index < -0.39 is 0 Å². The minimum atomic E-state index is -0.302. The molecule has 3 rings (SSSR count). The summed E-state index contributed by atoms with van der Waals surface area (Å²) in [6.07, 6.45) is 5.87. The van der Waals surface area contributed by atoms with Crippen molar-refractivity contribution in [3.8, 4) is 6.07 Å². The maximum atomic E-state index is 13.2. The summed E-state index contributed by atoms with van der Waals surface area (Å²) >= 11 is 5.11. The molecular weight excluding hydrogens is 436 g/mol. The summed E-state index contributed by atoms with van der Waals surface area (Å²) in [6, 6.07) is 11.7. The molecule has 1 aromatic carbocycles. The van der Waals surface area contributed by atoms with Crippen LogP contribution in [0.5, 0.6) is 0 Å². The van der Waals surface area contributed by atoms with E-state index in [-0.39, 0.29) is 11.9 Å². The van der Waals surface area contributed by atoms with E-state index in [9.17, 15) is 10.1 Å². The number of nitrogens with one attached hydrogen (secondary N) is 1. The van der Waals surface area contributed by atoms with Crippen LogP contribution >= 0.6 is 27.9 Å². The van der Waals surface area contributed by atoms with E-state index in [2.05, 4.69) is 39.7 Å². The third-order valence-corrected chi connectivity index (χ3v) is 7.11. The molecule has 7 heteroatoms. The van der Waals surface area contributed by atoms with Crippen LogP contribution in [0.25, 0.3) is 0 Å². The number of hydrogen-bond donors (Lipinski definition) is 1. The second kappa shape index (κ2) is 10.1. The van der Waals surface area contributed by atoms with Crippen LogP contribution in [0.3, 0.4) is 0 Å². The highest BCUT2D eigenvalue weighted by molar-refractivity contribution is 9.10. The fourth-order valence-electron chi connectivity index (χ4n) is 3.42. The normalized spacial score (nSPS) is 15.2. The van der Waals surface area contributed by atoms with Gasteiger partial charge in [0.15, 0.2) is 0 Å². The Hall–Kier alpha value is -1.75. The standard InChI is InChI=1S/C21H25BrN4OS/c1-16-7-5-9-18(22)20(16)28-24-19(21(27)26-11-3-2-4-12-26)10-14-25-13-6-8-17(25)15-23/h5-9,13,19,24H,2-4,10-12,14H2,1H3. The number of carbonyl (C=O) groups is 1. The lowest BCUT2D eigenvalue weighted by Gasteiger charge is -2.31. The lowest BCUT2D eigenvalue weighted by Crippen LogP contribution is -2.47. The lowest BCUT2D eigenvalue weighted by atomic mass is 10.1. The van der Waals surface area contributed by atoms with Crippen LogP contribution in [-0.2, 0) is 11.3 Å². The quantitative estimate of drug-likeness (QED) is 0.617. The molecule has 28 heavy (non-hydrogen) atoms. The van der Waals surface area contributed by atoms with Crippen LogP contribution in [0.15, 0.2) is 45.9 Å². The van der Waals surface area contributed by atoms with Gasteiger partial charge in [0.05, 0.1) is 6.04 Å². The van der Waals surface area contributed by atoms with Gasteiger partial charge in [0.1, 0.15) is 11.8 Å². The van der Waals surface area contributed by atoms with Gasteiger partial charge in [0, 0.05) is 35.2 Å². The first-order valence-electron chi connectivity index (χ1n) is 9.61. The van der Waals surface area contributed by atoms with Gasteiger partial charge in [0.25, 0.3) is 0 Å². The van der Waals surface area contributed by atoms with E-state index in [1.807, 2.05) is 33.9 Å². The highest BCUT2D eigenvalue weighted by Gasteiger charge is 2.26. The minimum Gasteiger partial charge on any atom is -0.341 e. The maximum absolute atomic E-state index is 13.2. The second-order valence-electron chi connectivity index (χ2n) is 7.03. The minimum absolute atomic E-state index is 0.155. The predicted molar refractivity (Wildman–Crippen MR) is 116 cm³/mol. The zero-order valence-electron chi connectivity index (χ0n) is 16.0. The Labute approximate surface area is 179 Å². The molecule has 1 amide bonds. The molecule has 5 nitrogen and oxygen atoms in total. The monoisotopic (exact) mass is 460 g/mol. The fraction of sp³-hybridized carbons (Fsp3) is 0.429. The van der Waals surface area contributed by atoms with Crippen LogP contribution in [0.1, 0.15) is 36.9 Å². The largest absolute Gasteiger partial charge is 0.341 e. The van der Waals surface area contributed by atoms with Crippen LogP contribution in [0.4, 0.5) is 0 Å². The molecule has 1 saturated heterocycles. The molecule has 148 valence electrons. The summed E-state index contributed by atoms with van der Waals surface area (Å²) in [5.74, 6) is 0.155. The lowest BCUT2D eigenvalue weighted by molar-refractivity contribution is -0.134. The summed E-state index contributed by atoms with van der Waals surface area (Å²) in [4.78, 5) is 16.2. The molecule has 0 spiro atoms. The number of rotatable bonds is 7. The van der Waals surface area contributed by atoms with Crippen LogP contribution in [0, 0.1) is 18.3 Å². The maximum Gasteiger partial charge on any atom is 0.240 e. The Morgan fingerprint density at radius 2 is 2.07 bits per heavy atom. The van der Waals surface area contributed by atoms with Gasteiger partial charge < -0.3 is 9.47 Å². The summed E-state index contributed by atoms with van der Waals surface area (Å²) in [5.41, 5.74) is 1.78. The molecule has 1 N–H and O–H groups in total. The second-order valence-corrected chi connectivity index (χ2v) is 8.73. The van der Waals surface area contributed by atoms with Crippen molar-refractivity contribution in [2.24, 2.45) is 0 Å². The SMILES string of the molecule is Cc1cccc(Br)c1SNC(CCn1cccc1C#N)C(=O)N1CCCCC1.